The van der Waals surface area contributed by atoms with Gasteiger partial charge in [0.2, 0.25) is 6.41 Å². The van der Waals surface area contributed by atoms with E-state index in [1.54, 1.807) is 14.2 Å². The molecular weight excluding hydrogens is 342 g/mol. The summed E-state index contributed by atoms with van der Waals surface area (Å²) in [6.07, 6.45) is 3.47. The monoisotopic (exact) mass is 369 g/mol. The zero-order valence-corrected chi connectivity index (χ0v) is 16.5. The van der Waals surface area contributed by atoms with Gasteiger partial charge in [0, 0.05) is 36.8 Å². The number of rotatable bonds is 8. The molecule has 6 heteroatoms. The van der Waals surface area contributed by atoms with Crippen molar-refractivity contribution in [3.05, 3.63) is 51.8 Å². The number of aromatic amines is 1. The lowest BCUT2D eigenvalue weighted by molar-refractivity contribution is -0.105. The van der Waals surface area contributed by atoms with Crippen LogP contribution < -0.4 is 10.6 Å². The molecule has 2 amide bonds. The molecule has 0 unspecified atom stereocenters. The van der Waals surface area contributed by atoms with Crippen molar-refractivity contribution >= 4 is 29.7 Å². The van der Waals surface area contributed by atoms with E-state index in [4.69, 9.17) is 4.74 Å². The summed E-state index contributed by atoms with van der Waals surface area (Å²) in [5, 5.41) is 5.43. The number of carbonyl (C=O) groups excluding carboxylic acids is 2. The van der Waals surface area contributed by atoms with E-state index in [1.807, 2.05) is 39.0 Å². The minimum atomic E-state index is -0.108. The van der Waals surface area contributed by atoms with E-state index < -0.39 is 0 Å². The second-order valence-corrected chi connectivity index (χ2v) is 6.46. The first kappa shape index (κ1) is 20.5. The average molecular weight is 369 g/mol. The quantitative estimate of drug-likeness (QED) is 0.624. The fourth-order valence-corrected chi connectivity index (χ4v) is 3.16. The van der Waals surface area contributed by atoms with Gasteiger partial charge >= 0.3 is 0 Å². The van der Waals surface area contributed by atoms with Crippen molar-refractivity contribution < 1.29 is 14.3 Å². The molecule has 1 heterocycles. The molecule has 6 nitrogen and oxygen atoms in total. The normalized spacial score (nSPS) is 11.4. The van der Waals surface area contributed by atoms with Gasteiger partial charge in [0.15, 0.2) is 0 Å². The fraction of sp³-hybridized carbons (Fsp3) is 0.333. The minimum absolute atomic E-state index is 0.108. The third-order valence-electron chi connectivity index (χ3n) is 4.61. The number of ether oxygens (including phenoxy) is 1. The van der Waals surface area contributed by atoms with Gasteiger partial charge in [-0.15, -0.1) is 0 Å². The fourth-order valence-electron chi connectivity index (χ4n) is 3.16. The van der Waals surface area contributed by atoms with E-state index in [0.717, 1.165) is 45.8 Å². The largest absolute Gasteiger partial charge is 0.384 e. The van der Waals surface area contributed by atoms with Crippen molar-refractivity contribution in [1.82, 2.24) is 10.3 Å². The van der Waals surface area contributed by atoms with Crippen LogP contribution in [0.1, 0.15) is 45.4 Å². The summed E-state index contributed by atoms with van der Waals surface area (Å²) in [7, 11) is 3.30. The molecule has 0 saturated heterocycles. The molecule has 1 aromatic heterocycles. The van der Waals surface area contributed by atoms with Crippen molar-refractivity contribution in [2.75, 3.05) is 26.1 Å². The van der Waals surface area contributed by atoms with Gasteiger partial charge in [0.1, 0.15) is 0 Å². The number of aryl methyl sites for hydroxylation is 1. The Morgan fingerprint density at radius 3 is 2.67 bits per heavy atom. The Morgan fingerprint density at radius 1 is 1.30 bits per heavy atom. The number of hydrogen-bond acceptors (Lipinski definition) is 3. The van der Waals surface area contributed by atoms with Crippen LogP contribution in [0.15, 0.2) is 18.2 Å². The van der Waals surface area contributed by atoms with Gasteiger partial charge in [-0.05, 0) is 62.1 Å². The van der Waals surface area contributed by atoms with Gasteiger partial charge in [-0.2, -0.15) is 0 Å². The van der Waals surface area contributed by atoms with Gasteiger partial charge in [0.05, 0.1) is 12.2 Å². The lowest BCUT2D eigenvalue weighted by atomic mass is 9.99. The number of methoxy groups -OCH3 is 1. The van der Waals surface area contributed by atoms with Crippen molar-refractivity contribution in [2.45, 2.75) is 27.2 Å². The first-order valence-electron chi connectivity index (χ1n) is 8.84. The smallest absolute Gasteiger partial charge is 0.253 e. The molecule has 0 aliphatic carbocycles. The molecular formula is C21H27N3O3. The van der Waals surface area contributed by atoms with Crippen LogP contribution in [0.4, 0.5) is 5.69 Å². The van der Waals surface area contributed by atoms with E-state index in [9.17, 15) is 9.59 Å². The molecule has 1 aromatic carbocycles. The Labute approximate surface area is 160 Å². The maximum absolute atomic E-state index is 12.1. The minimum Gasteiger partial charge on any atom is -0.384 e. The predicted octanol–water partition coefficient (Wildman–Crippen LogP) is 3.31. The standard InChI is InChI=1S/C21H27N3O3/c1-13(10-19-14(2)20(15(3)24-19)21(26)22-4)17-11-16(8-9-27-5)6-7-18(17)23-12-25/h6-7,10-12,24H,8-9H2,1-5H3,(H,22,26)(H,23,25)/b13-10+. The van der Waals surface area contributed by atoms with Crippen LogP contribution in [0.5, 0.6) is 0 Å². The van der Waals surface area contributed by atoms with E-state index in [2.05, 4.69) is 21.7 Å². The molecule has 0 bridgehead atoms. The van der Waals surface area contributed by atoms with Crippen molar-refractivity contribution in [1.29, 1.82) is 0 Å². The van der Waals surface area contributed by atoms with Gasteiger partial charge < -0.3 is 20.4 Å². The maximum atomic E-state index is 12.1. The SMILES string of the molecule is CNC(=O)c1c(C)[nH]c(/C=C(\C)c2cc(CCOC)ccc2NC=O)c1C. The number of anilines is 1. The summed E-state index contributed by atoms with van der Waals surface area (Å²) < 4.78 is 5.15. The number of allylic oxidation sites excluding steroid dienone is 1. The van der Waals surface area contributed by atoms with Gasteiger partial charge in [-0.25, -0.2) is 0 Å². The Kier molecular flexibility index (Phi) is 6.96. The number of amides is 2. The number of hydrogen-bond donors (Lipinski definition) is 3. The lowest BCUT2D eigenvalue weighted by Crippen LogP contribution is -2.19. The first-order chi connectivity index (χ1) is 12.9. The number of nitrogens with one attached hydrogen (secondary N) is 3. The summed E-state index contributed by atoms with van der Waals surface area (Å²) in [6.45, 7) is 6.43. The highest BCUT2D eigenvalue weighted by Gasteiger charge is 2.16. The van der Waals surface area contributed by atoms with Crippen molar-refractivity contribution in [2.24, 2.45) is 0 Å². The molecule has 2 aromatic rings. The molecule has 0 saturated carbocycles. The summed E-state index contributed by atoms with van der Waals surface area (Å²) >= 11 is 0. The zero-order chi connectivity index (χ0) is 20.0. The second kappa shape index (κ2) is 9.19. The van der Waals surface area contributed by atoms with Crippen LogP contribution >= 0.6 is 0 Å². The molecule has 144 valence electrons. The van der Waals surface area contributed by atoms with Gasteiger partial charge in [-0.3, -0.25) is 9.59 Å². The molecule has 2 rings (SSSR count). The highest BCUT2D eigenvalue weighted by atomic mass is 16.5. The molecule has 0 atom stereocenters. The molecule has 0 aliphatic heterocycles. The Balaban J connectivity index is 2.48. The zero-order valence-electron chi connectivity index (χ0n) is 16.5. The average Bonchev–Trinajstić information content (AvgIpc) is 2.93. The third kappa shape index (κ3) is 4.65. The number of benzene rings is 1. The van der Waals surface area contributed by atoms with E-state index in [0.29, 0.717) is 18.6 Å². The molecule has 0 radical (unpaired) electrons. The highest BCUT2D eigenvalue weighted by Crippen LogP contribution is 2.28. The molecule has 27 heavy (non-hydrogen) atoms. The van der Waals surface area contributed by atoms with Crippen LogP contribution in [0.2, 0.25) is 0 Å². The molecule has 0 aliphatic rings. The molecule has 0 fully saturated rings. The van der Waals surface area contributed by atoms with Crippen LogP contribution in [0, 0.1) is 13.8 Å². The van der Waals surface area contributed by atoms with Crippen molar-refractivity contribution in [3.8, 4) is 0 Å². The lowest BCUT2D eigenvalue weighted by Gasteiger charge is -2.12. The van der Waals surface area contributed by atoms with Crippen molar-refractivity contribution in [3.63, 3.8) is 0 Å². The summed E-state index contributed by atoms with van der Waals surface area (Å²) in [6, 6.07) is 5.94. The summed E-state index contributed by atoms with van der Waals surface area (Å²) in [5.74, 6) is -0.108. The first-order valence-corrected chi connectivity index (χ1v) is 8.84. The number of aromatic nitrogens is 1. The summed E-state index contributed by atoms with van der Waals surface area (Å²) in [5.41, 5.74) is 7.04. The topological polar surface area (TPSA) is 83.2 Å². The second-order valence-electron chi connectivity index (χ2n) is 6.46. The van der Waals surface area contributed by atoms with Gasteiger partial charge in [-0.1, -0.05) is 6.07 Å². The third-order valence-corrected chi connectivity index (χ3v) is 4.61. The van der Waals surface area contributed by atoms with Crippen LogP contribution in [0.3, 0.4) is 0 Å². The molecule has 0 spiro atoms. The van der Waals surface area contributed by atoms with E-state index in [-0.39, 0.29) is 5.91 Å². The van der Waals surface area contributed by atoms with E-state index >= 15 is 0 Å². The summed E-state index contributed by atoms with van der Waals surface area (Å²) in [4.78, 5) is 26.4. The Hall–Kier alpha value is -2.86. The maximum Gasteiger partial charge on any atom is 0.253 e. The number of carbonyl (C=O) groups is 2. The molecule has 3 N–H and O–H groups in total. The Morgan fingerprint density at radius 2 is 2.04 bits per heavy atom. The van der Waals surface area contributed by atoms with Crippen LogP contribution in [-0.4, -0.2) is 38.1 Å². The predicted molar refractivity (Wildman–Crippen MR) is 109 cm³/mol. The van der Waals surface area contributed by atoms with Crippen LogP contribution in [0.25, 0.3) is 11.6 Å². The van der Waals surface area contributed by atoms with Gasteiger partial charge in [0.25, 0.3) is 5.91 Å². The Bertz CT molecular complexity index is 866. The number of H-pyrrole nitrogens is 1. The van der Waals surface area contributed by atoms with E-state index in [1.165, 1.54) is 0 Å². The van der Waals surface area contributed by atoms with Crippen LogP contribution in [-0.2, 0) is 16.0 Å². The highest BCUT2D eigenvalue weighted by molar-refractivity contribution is 5.98.